The van der Waals surface area contributed by atoms with Crippen molar-refractivity contribution in [3.05, 3.63) is 60.7 Å². The molecular formula is C23H32OSi. The van der Waals surface area contributed by atoms with Gasteiger partial charge in [0.1, 0.15) is 0 Å². The first-order valence-corrected chi connectivity index (χ1v) is 12.2. The molecule has 134 valence electrons. The van der Waals surface area contributed by atoms with Crippen molar-refractivity contribution in [1.82, 2.24) is 0 Å². The zero-order valence-electron chi connectivity index (χ0n) is 16.1. The predicted octanol–water partition coefficient (Wildman–Crippen LogP) is 4.85. The first-order valence-electron chi connectivity index (χ1n) is 9.79. The summed E-state index contributed by atoms with van der Waals surface area (Å²) in [6.07, 6.45) is 4.22. The minimum atomic E-state index is -2.21. The largest absolute Gasteiger partial charge is 0.405 e. The van der Waals surface area contributed by atoms with Gasteiger partial charge in [-0.1, -0.05) is 87.9 Å². The summed E-state index contributed by atoms with van der Waals surface area (Å²) in [7, 11) is -2.21. The van der Waals surface area contributed by atoms with Crippen molar-refractivity contribution in [2.24, 2.45) is 17.8 Å². The molecule has 2 aromatic carbocycles. The molecule has 0 saturated heterocycles. The second-order valence-corrected chi connectivity index (χ2v) is 11.7. The molecule has 25 heavy (non-hydrogen) atoms. The van der Waals surface area contributed by atoms with E-state index in [0.29, 0.717) is 17.9 Å². The number of hydrogen-bond acceptors (Lipinski definition) is 1. The molecule has 1 aliphatic carbocycles. The van der Waals surface area contributed by atoms with Gasteiger partial charge in [0, 0.05) is 6.10 Å². The summed E-state index contributed by atoms with van der Waals surface area (Å²) >= 11 is 0. The fraction of sp³-hybridized carbons (Fsp3) is 0.478. The maximum Gasteiger partial charge on any atom is 0.253 e. The van der Waals surface area contributed by atoms with Crippen LogP contribution in [-0.2, 0) is 4.43 Å². The molecule has 0 bridgehead atoms. The number of hydrogen-bond donors (Lipinski definition) is 0. The zero-order chi connectivity index (χ0) is 17.9. The summed E-state index contributed by atoms with van der Waals surface area (Å²) in [6.45, 7) is 9.49. The Kier molecular flexibility index (Phi) is 5.80. The van der Waals surface area contributed by atoms with Gasteiger partial charge in [0.2, 0.25) is 0 Å². The van der Waals surface area contributed by atoms with Gasteiger partial charge in [-0.25, -0.2) is 0 Å². The molecule has 1 nitrogen and oxygen atoms in total. The molecule has 1 aliphatic rings. The molecule has 1 fully saturated rings. The van der Waals surface area contributed by atoms with Crippen molar-refractivity contribution in [3.8, 4) is 0 Å². The zero-order valence-corrected chi connectivity index (χ0v) is 17.1. The lowest BCUT2D eigenvalue weighted by Crippen LogP contribution is -2.61. The Labute approximate surface area is 154 Å². The second-order valence-electron chi connectivity index (χ2n) is 8.25. The Morgan fingerprint density at radius 2 is 1.40 bits per heavy atom. The summed E-state index contributed by atoms with van der Waals surface area (Å²) in [6, 6.07) is 21.8. The van der Waals surface area contributed by atoms with E-state index in [1.807, 2.05) is 0 Å². The van der Waals surface area contributed by atoms with E-state index in [4.69, 9.17) is 4.43 Å². The fourth-order valence-electron chi connectivity index (χ4n) is 4.37. The molecule has 3 rings (SSSR count). The van der Waals surface area contributed by atoms with E-state index in [0.717, 1.165) is 5.92 Å². The third-order valence-corrected chi connectivity index (χ3v) is 9.64. The van der Waals surface area contributed by atoms with Crippen molar-refractivity contribution in [1.29, 1.82) is 0 Å². The highest BCUT2D eigenvalue weighted by molar-refractivity contribution is 6.96. The molecule has 1 saturated carbocycles. The average Bonchev–Trinajstić information content (AvgIpc) is 2.63. The molecule has 0 radical (unpaired) electrons. The van der Waals surface area contributed by atoms with Crippen molar-refractivity contribution >= 4 is 18.7 Å². The van der Waals surface area contributed by atoms with Crippen LogP contribution < -0.4 is 10.4 Å². The van der Waals surface area contributed by atoms with E-state index in [1.54, 1.807) is 0 Å². The lowest BCUT2D eigenvalue weighted by molar-refractivity contribution is 0.0430. The molecule has 0 aliphatic heterocycles. The highest BCUT2D eigenvalue weighted by Gasteiger charge is 2.41. The minimum absolute atomic E-state index is 0.376. The SMILES string of the molecule is CC(C)[C@@H]1CC[C@@H](C)C[C@H]1O[Si](C)(c1ccccc1)c1ccccc1. The van der Waals surface area contributed by atoms with Gasteiger partial charge in [-0.3, -0.25) is 0 Å². The van der Waals surface area contributed by atoms with Crippen LogP contribution in [-0.4, -0.2) is 14.4 Å². The predicted molar refractivity (Wildman–Crippen MR) is 110 cm³/mol. The van der Waals surface area contributed by atoms with Gasteiger partial charge >= 0.3 is 0 Å². The first-order chi connectivity index (χ1) is 12.0. The van der Waals surface area contributed by atoms with E-state index < -0.39 is 8.32 Å². The molecule has 0 aromatic heterocycles. The highest BCUT2D eigenvalue weighted by atomic mass is 28.4. The maximum atomic E-state index is 7.13. The summed E-state index contributed by atoms with van der Waals surface area (Å²) < 4.78 is 7.13. The van der Waals surface area contributed by atoms with Crippen molar-refractivity contribution in [2.45, 2.75) is 52.7 Å². The van der Waals surface area contributed by atoms with E-state index in [9.17, 15) is 0 Å². The van der Waals surface area contributed by atoms with E-state index in [1.165, 1.54) is 29.6 Å². The van der Waals surface area contributed by atoms with E-state index in [2.05, 4.69) is 88.0 Å². The molecule has 0 heterocycles. The molecule has 3 atom stereocenters. The van der Waals surface area contributed by atoms with Crippen LogP contribution in [0.4, 0.5) is 0 Å². The monoisotopic (exact) mass is 352 g/mol. The highest BCUT2D eigenvalue weighted by Crippen LogP contribution is 2.36. The van der Waals surface area contributed by atoms with Gasteiger partial charge in [-0.2, -0.15) is 0 Å². The Bertz CT molecular complexity index is 613. The molecule has 0 spiro atoms. The Morgan fingerprint density at radius 3 is 1.88 bits per heavy atom. The van der Waals surface area contributed by atoms with E-state index in [-0.39, 0.29) is 0 Å². The number of rotatable bonds is 5. The molecule has 0 N–H and O–H groups in total. The van der Waals surface area contributed by atoms with Gasteiger partial charge in [0.15, 0.2) is 0 Å². The third-order valence-electron chi connectivity index (χ3n) is 6.00. The van der Waals surface area contributed by atoms with Crippen molar-refractivity contribution in [3.63, 3.8) is 0 Å². The van der Waals surface area contributed by atoms with Crippen LogP contribution in [0.1, 0.15) is 40.0 Å². The van der Waals surface area contributed by atoms with Crippen LogP contribution in [0.15, 0.2) is 60.7 Å². The van der Waals surface area contributed by atoms with Gasteiger partial charge in [-0.05, 0) is 47.5 Å². The van der Waals surface area contributed by atoms with Gasteiger partial charge in [-0.15, -0.1) is 0 Å². The minimum Gasteiger partial charge on any atom is -0.405 e. The standard InChI is InChI=1S/C23H32OSi/c1-18(2)22-16-15-19(3)17-23(22)24-25(4,20-11-7-5-8-12-20)21-13-9-6-10-14-21/h5-14,18-19,22-23H,15-17H2,1-4H3/t19-,22+,23-/m1/s1. The Morgan fingerprint density at radius 1 is 0.880 bits per heavy atom. The first kappa shape index (κ1) is 18.4. The lowest BCUT2D eigenvalue weighted by Gasteiger charge is -2.42. The van der Waals surface area contributed by atoms with Crippen LogP contribution in [0.3, 0.4) is 0 Å². The third kappa shape index (κ3) is 4.07. The van der Waals surface area contributed by atoms with Gasteiger partial charge in [0.25, 0.3) is 8.32 Å². The summed E-state index contributed by atoms with van der Waals surface area (Å²) in [5.74, 6) is 2.13. The van der Waals surface area contributed by atoms with Gasteiger partial charge < -0.3 is 4.43 Å². The van der Waals surface area contributed by atoms with Crippen LogP contribution in [0.2, 0.25) is 6.55 Å². The summed E-state index contributed by atoms with van der Waals surface area (Å²) in [5.41, 5.74) is 0. The second kappa shape index (κ2) is 7.88. The van der Waals surface area contributed by atoms with Gasteiger partial charge in [0.05, 0.1) is 0 Å². The summed E-state index contributed by atoms with van der Waals surface area (Å²) in [5, 5.41) is 2.75. The normalized spacial score (nSPS) is 24.4. The van der Waals surface area contributed by atoms with Crippen molar-refractivity contribution in [2.75, 3.05) is 0 Å². The smallest absolute Gasteiger partial charge is 0.253 e. The van der Waals surface area contributed by atoms with Crippen LogP contribution in [0.25, 0.3) is 0 Å². The quantitative estimate of drug-likeness (QED) is 0.699. The molecule has 2 heteroatoms. The topological polar surface area (TPSA) is 9.23 Å². The lowest BCUT2D eigenvalue weighted by atomic mass is 9.75. The number of benzene rings is 2. The fourth-order valence-corrected chi connectivity index (χ4v) is 7.51. The van der Waals surface area contributed by atoms with E-state index >= 15 is 0 Å². The maximum absolute atomic E-state index is 7.13. The van der Waals surface area contributed by atoms with Crippen LogP contribution in [0, 0.1) is 17.8 Å². The molecule has 2 aromatic rings. The molecular weight excluding hydrogens is 320 g/mol. The Balaban J connectivity index is 1.97. The van der Waals surface area contributed by atoms with Crippen LogP contribution in [0.5, 0.6) is 0 Å². The average molecular weight is 353 g/mol. The Hall–Kier alpha value is -1.38. The van der Waals surface area contributed by atoms with Crippen molar-refractivity contribution < 1.29 is 4.43 Å². The summed E-state index contributed by atoms with van der Waals surface area (Å²) in [4.78, 5) is 0. The molecule has 0 amide bonds. The molecule has 0 unspecified atom stereocenters. The van der Waals surface area contributed by atoms with Crippen LogP contribution >= 0.6 is 0 Å².